The number of hydrogen-bond donors (Lipinski definition) is 2. The molecule has 3 N–H and O–H groups in total. The highest BCUT2D eigenvalue weighted by Gasteiger charge is 2.19. The minimum absolute atomic E-state index is 0.572. The van der Waals surface area contributed by atoms with Gasteiger partial charge in [0.1, 0.15) is 0 Å². The molecule has 1 unspecified atom stereocenters. The van der Waals surface area contributed by atoms with E-state index in [1.165, 1.54) is 24.3 Å². The second-order valence-corrected chi connectivity index (χ2v) is 5.79. The van der Waals surface area contributed by atoms with Crippen molar-refractivity contribution >= 4 is 17.3 Å². The van der Waals surface area contributed by atoms with Gasteiger partial charge >= 0.3 is 0 Å². The molecule has 1 aromatic heterocycles. The Labute approximate surface area is 113 Å². The van der Waals surface area contributed by atoms with Crippen molar-refractivity contribution in [2.45, 2.75) is 25.3 Å². The summed E-state index contributed by atoms with van der Waals surface area (Å²) in [5.41, 5.74) is 5.86. The van der Waals surface area contributed by atoms with Crippen molar-refractivity contribution in [3.63, 3.8) is 0 Å². The number of nitrogens with zero attached hydrogens (tertiary/aromatic N) is 2. The van der Waals surface area contributed by atoms with E-state index in [1.54, 1.807) is 11.3 Å². The van der Waals surface area contributed by atoms with Gasteiger partial charge in [0.25, 0.3) is 0 Å². The first-order valence-corrected chi connectivity index (χ1v) is 7.40. The van der Waals surface area contributed by atoms with Crippen LogP contribution >= 0.6 is 11.3 Å². The summed E-state index contributed by atoms with van der Waals surface area (Å²) in [5.74, 6) is 0.576. The number of thiophene rings is 1. The highest BCUT2D eigenvalue weighted by atomic mass is 32.1. The number of likely N-dealkylation sites (tertiary alicyclic amines) is 1. The number of hydrogen-bond acceptors (Lipinski definition) is 3. The third kappa shape index (κ3) is 3.99. The number of guanidine groups is 1. The van der Waals surface area contributed by atoms with Gasteiger partial charge < -0.3 is 16.0 Å². The summed E-state index contributed by atoms with van der Waals surface area (Å²) >= 11 is 1.78. The average molecular weight is 266 g/mol. The summed E-state index contributed by atoms with van der Waals surface area (Å²) in [6.07, 6.45) is 3.53. The molecule has 1 fully saturated rings. The first kappa shape index (κ1) is 13.4. The fourth-order valence-corrected chi connectivity index (χ4v) is 2.95. The molecule has 5 heteroatoms. The van der Waals surface area contributed by atoms with E-state index in [0.717, 1.165) is 19.5 Å². The summed E-state index contributed by atoms with van der Waals surface area (Å²) < 4.78 is 0. The molecular formula is C13H22N4S. The second-order valence-electron chi connectivity index (χ2n) is 4.76. The maximum Gasteiger partial charge on any atom is 0.188 e. The lowest BCUT2D eigenvalue weighted by Gasteiger charge is -2.17. The Morgan fingerprint density at radius 2 is 2.56 bits per heavy atom. The van der Waals surface area contributed by atoms with Crippen molar-refractivity contribution in [2.75, 3.05) is 26.7 Å². The lowest BCUT2D eigenvalue weighted by molar-refractivity contribution is 0.317. The van der Waals surface area contributed by atoms with Gasteiger partial charge in [-0.2, -0.15) is 0 Å². The van der Waals surface area contributed by atoms with Crippen molar-refractivity contribution in [1.82, 2.24) is 10.2 Å². The third-order valence-corrected chi connectivity index (χ3v) is 4.34. The molecule has 0 radical (unpaired) electrons. The molecule has 0 saturated carbocycles. The van der Waals surface area contributed by atoms with Gasteiger partial charge in [0.2, 0.25) is 0 Å². The molecule has 0 aliphatic carbocycles. The van der Waals surface area contributed by atoms with E-state index in [2.05, 4.69) is 39.8 Å². The zero-order valence-electron chi connectivity index (χ0n) is 10.9. The van der Waals surface area contributed by atoms with E-state index in [-0.39, 0.29) is 0 Å². The summed E-state index contributed by atoms with van der Waals surface area (Å²) in [6.45, 7) is 2.86. The third-order valence-electron chi connectivity index (χ3n) is 3.40. The number of aliphatic imine (C=N–C) groups is 1. The van der Waals surface area contributed by atoms with Crippen LogP contribution in [-0.4, -0.2) is 43.6 Å². The summed E-state index contributed by atoms with van der Waals surface area (Å²) in [6, 6.07) is 4.79. The van der Waals surface area contributed by atoms with Crippen LogP contribution in [0.2, 0.25) is 0 Å². The van der Waals surface area contributed by atoms with Crippen LogP contribution in [0.15, 0.2) is 22.5 Å². The van der Waals surface area contributed by atoms with Gasteiger partial charge in [-0.3, -0.25) is 4.99 Å². The Morgan fingerprint density at radius 3 is 3.22 bits per heavy atom. The Balaban J connectivity index is 1.66. The standard InChI is InChI=1S/C13H22N4S/c1-17-8-2-4-11(17)10-16-13(14)15-7-6-12-5-3-9-18-12/h3,5,9,11H,2,4,6-8,10H2,1H3,(H3,14,15,16). The zero-order valence-corrected chi connectivity index (χ0v) is 11.7. The lowest BCUT2D eigenvalue weighted by atomic mass is 10.2. The van der Waals surface area contributed by atoms with Crippen LogP contribution in [0.3, 0.4) is 0 Å². The van der Waals surface area contributed by atoms with Gasteiger partial charge in [0, 0.05) is 17.5 Å². The molecule has 2 rings (SSSR count). The second kappa shape index (κ2) is 6.75. The van der Waals surface area contributed by atoms with E-state index in [4.69, 9.17) is 5.73 Å². The van der Waals surface area contributed by atoms with Gasteiger partial charge in [-0.15, -0.1) is 11.3 Å². The quantitative estimate of drug-likeness (QED) is 0.624. The van der Waals surface area contributed by atoms with Crippen molar-refractivity contribution in [2.24, 2.45) is 10.7 Å². The van der Waals surface area contributed by atoms with Crippen molar-refractivity contribution in [3.05, 3.63) is 22.4 Å². The van der Waals surface area contributed by atoms with E-state index in [9.17, 15) is 0 Å². The molecule has 2 heterocycles. The SMILES string of the molecule is CN1CCCC1CN=C(N)NCCc1cccs1. The molecule has 1 atom stereocenters. The Bertz CT molecular complexity index is 374. The van der Waals surface area contributed by atoms with E-state index in [0.29, 0.717) is 12.0 Å². The van der Waals surface area contributed by atoms with Crippen LogP contribution < -0.4 is 11.1 Å². The van der Waals surface area contributed by atoms with Crippen LogP contribution in [-0.2, 0) is 6.42 Å². The first-order chi connectivity index (χ1) is 8.75. The van der Waals surface area contributed by atoms with Gasteiger partial charge in [-0.1, -0.05) is 6.07 Å². The molecular weight excluding hydrogens is 244 g/mol. The molecule has 1 aromatic rings. The number of rotatable bonds is 5. The predicted molar refractivity (Wildman–Crippen MR) is 78.2 cm³/mol. The summed E-state index contributed by atoms with van der Waals surface area (Å²) in [4.78, 5) is 8.16. The van der Waals surface area contributed by atoms with Gasteiger partial charge in [-0.25, -0.2) is 0 Å². The first-order valence-electron chi connectivity index (χ1n) is 6.52. The lowest BCUT2D eigenvalue weighted by Crippen LogP contribution is -2.35. The molecule has 1 aliphatic rings. The van der Waals surface area contributed by atoms with Crippen molar-refractivity contribution in [1.29, 1.82) is 0 Å². The normalized spacial score (nSPS) is 21.4. The largest absolute Gasteiger partial charge is 0.370 e. The predicted octanol–water partition coefficient (Wildman–Crippen LogP) is 1.29. The summed E-state index contributed by atoms with van der Waals surface area (Å²) in [7, 11) is 2.16. The van der Waals surface area contributed by atoms with Crippen LogP contribution in [0.1, 0.15) is 17.7 Å². The zero-order chi connectivity index (χ0) is 12.8. The highest BCUT2D eigenvalue weighted by Crippen LogP contribution is 2.14. The molecule has 18 heavy (non-hydrogen) atoms. The average Bonchev–Trinajstić information content (AvgIpc) is 2.98. The van der Waals surface area contributed by atoms with Crippen LogP contribution in [0.5, 0.6) is 0 Å². The Kier molecular flexibility index (Phi) is 5.01. The van der Waals surface area contributed by atoms with E-state index >= 15 is 0 Å². The van der Waals surface area contributed by atoms with E-state index in [1.807, 2.05) is 0 Å². The van der Waals surface area contributed by atoms with Crippen LogP contribution in [0.25, 0.3) is 0 Å². The Hall–Kier alpha value is -1.07. The molecule has 0 spiro atoms. The molecule has 0 bridgehead atoms. The van der Waals surface area contributed by atoms with E-state index < -0.39 is 0 Å². The summed E-state index contributed by atoms with van der Waals surface area (Å²) in [5, 5.41) is 5.28. The van der Waals surface area contributed by atoms with Gasteiger partial charge in [-0.05, 0) is 44.3 Å². The Morgan fingerprint density at radius 1 is 1.67 bits per heavy atom. The molecule has 1 saturated heterocycles. The van der Waals surface area contributed by atoms with Crippen LogP contribution in [0.4, 0.5) is 0 Å². The van der Waals surface area contributed by atoms with Crippen molar-refractivity contribution < 1.29 is 0 Å². The minimum atomic E-state index is 0.572. The van der Waals surface area contributed by atoms with Gasteiger partial charge in [0.05, 0.1) is 6.54 Å². The topological polar surface area (TPSA) is 53.6 Å². The maximum absolute atomic E-state index is 5.86. The highest BCUT2D eigenvalue weighted by molar-refractivity contribution is 7.09. The molecule has 0 amide bonds. The smallest absolute Gasteiger partial charge is 0.188 e. The maximum atomic E-state index is 5.86. The molecule has 100 valence electrons. The number of likely N-dealkylation sites (N-methyl/N-ethyl adjacent to an activating group) is 1. The van der Waals surface area contributed by atoms with Crippen LogP contribution in [0, 0.1) is 0 Å². The molecule has 1 aliphatic heterocycles. The number of nitrogens with one attached hydrogen (secondary N) is 1. The monoisotopic (exact) mass is 266 g/mol. The number of nitrogens with two attached hydrogens (primary N) is 1. The minimum Gasteiger partial charge on any atom is -0.370 e. The van der Waals surface area contributed by atoms with Crippen molar-refractivity contribution in [3.8, 4) is 0 Å². The molecule has 0 aromatic carbocycles. The fourth-order valence-electron chi connectivity index (χ4n) is 2.24. The molecule has 4 nitrogen and oxygen atoms in total. The van der Waals surface area contributed by atoms with Gasteiger partial charge in [0.15, 0.2) is 5.96 Å². The fraction of sp³-hybridized carbons (Fsp3) is 0.615.